The molecule has 2 amide bonds. The Morgan fingerprint density at radius 2 is 1.78 bits per heavy atom. The predicted octanol–water partition coefficient (Wildman–Crippen LogP) is 4.62. The lowest BCUT2D eigenvalue weighted by Gasteiger charge is -2.36. The minimum absolute atomic E-state index is 0.0791. The van der Waals surface area contributed by atoms with Crippen LogP contribution < -0.4 is 10.2 Å². The van der Waals surface area contributed by atoms with Crippen LogP contribution in [0.25, 0.3) is 11.0 Å². The van der Waals surface area contributed by atoms with Crippen LogP contribution >= 0.6 is 34.7 Å². The lowest BCUT2D eigenvalue weighted by Crippen LogP contribution is -2.48. The van der Waals surface area contributed by atoms with Crippen LogP contribution in [0.15, 0.2) is 53.9 Å². The number of piperazine rings is 1. The topological polar surface area (TPSA) is 78.4 Å². The summed E-state index contributed by atoms with van der Waals surface area (Å²) in [5.74, 6) is -0.153. The van der Waals surface area contributed by atoms with Crippen molar-refractivity contribution < 1.29 is 9.59 Å². The maximum Gasteiger partial charge on any atom is 0.264 e. The van der Waals surface area contributed by atoms with E-state index in [1.165, 1.54) is 11.3 Å². The molecule has 32 heavy (non-hydrogen) atoms. The smallest absolute Gasteiger partial charge is 0.264 e. The first-order valence-corrected chi connectivity index (χ1v) is 12.0. The monoisotopic (exact) mass is 483 g/mol. The number of anilines is 2. The first kappa shape index (κ1) is 20.9. The van der Waals surface area contributed by atoms with Gasteiger partial charge in [0.15, 0.2) is 0 Å². The van der Waals surface area contributed by atoms with E-state index in [1.807, 2.05) is 34.5 Å². The Morgan fingerprint density at radius 1 is 0.969 bits per heavy atom. The molecule has 5 rings (SSSR count). The molecule has 0 atom stereocenters. The predicted molar refractivity (Wildman–Crippen MR) is 129 cm³/mol. The highest BCUT2D eigenvalue weighted by Gasteiger charge is 2.24. The SMILES string of the molecule is O=C(Nc1ccc(N2CCN(C(=O)c3cccs3)CC2)c(Cl)c1)c1ccc2nsnc2c1. The molecular weight excluding hydrogens is 466 g/mol. The number of aromatic nitrogens is 2. The highest BCUT2D eigenvalue weighted by atomic mass is 35.5. The Morgan fingerprint density at radius 3 is 2.53 bits per heavy atom. The van der Waals surface area contributed by atoms with Crippen LogP contribution in [0.4, 0.5) is 11.4 Å². The number of thiophene rings is 1. The van der Waals surface area contributed by atoms with Crippen molar-refractivity contribution in [3.63, 3.8) is 0 Å². The van der Waals surface area contributed by atoms with Gasteiger partial charge in [0.25, 0.3) is 11.8 Å². The minimum atomic E-state index is -0.232. The van der Waals surface area contributed by atoms with Crippen molar-refractivity contribution in [2.24, 2.45) is 0 Å². The average Bonchev–Trinajstić information content (AvgIpc) is 3.50. The number of amides is 2. The van der Waals surface area contributed by atoms with Crippen LogP contribution in [-0.2, 0) is 0 Å². The zero-order valence-electron chi connectivity index (χ0n) is 16.8. The van der Waals surface area contributed by atoms with Gasteiger partial charge in [0.2, 0.25) is 0 Å². The molecule has 0 spiro atoms. The number of fused-ring (bicyclic) bond motifs is 1. The Hall–Kier alpha value is -3.01. The Bertz CT molecular complexity index is 1280. The Balaban J connectivity index is 1.23. The molecule has 1 fully saturated rings. The van der Waals surface area contributed by atoms with Crippen LogP contribution in [-0.4, -0.2) is 51.6 Å². The van der Waals surface area contributed by atoms with Gasteiger partial charge in [-0.05, 0) is 47.8 Å². The molecule has 7 nitrogen and oxygen atoms in total. The van der Waals surface area contributed by atoms with E-state index in [-0.39, 0.29) is 11.8 Å². The fourth-order valence-corrected chi connectivity index (χ4v) is 5.18. The first-order valence-electron chi connectivity index (χ1n) is 9.99. The van der Waals surface area contributed by atoms with Crippen molar-refractivity contribution in [1.29, 1.82) is 0 Å². The minimum Gasteiger partial charge on any atom is -0.367 e. The Kier molecular flexibility index (Phi) is 5.77. The van der Waals surface area contributed by atoms with Gasteiger partial charge in [-0.15, -0.1) is 11.3 Å². The number of hydrogen-bond donors (Lipinski definition) is 1. The van der Waals surface area contributed by atoms with E-state index in [9.17, 15) is 9.59 Å². The van der Waals surface area contributed by atoms with Crippen molar-refractivity contribution in [2.45, 2.75) is 0 Å². The summed E-state index contributed by atoms with van der Waals surface area (Å²) >= 11 is 9.13. The molecular formula is C22H18ClN5O2S2. The standard InChI is InChI=1S/C22H18ClN5O2S2/c23-16-13-15(24-21(29)14-3-5-17-18(12-14)26-32-25-17)4-6-19(16)27-7-9-28(10-8-27)22(30)20-2-1-11-31-20/h1-6,11-13H,7-10H2,(H,24,29). The van der Waals surface area contributed by atoms with E-state index in [2.05, 4.69) is 19.0 Å². The quantitative estimate of drug-likeness (QED) is 0.458. The lowest BCUT2D eigenvalue weighted by atomic mass is 10.1. The Labute approximate surface area is 197 Å². The van der Waals surface area contributed by atoms with Gasteiger partial charge in [0, 0.05) is 37.4 Å². The summed E-state index contributed by atoms with van der Waals surface area (Å²) in [6, 6.07) is 14.5. The summed E-state index contributed by atoms with van der Waals surface area (Å²) in [6.07, 6.45) is 0. The highest BCUT2D eigenvalue weighted by Crippen LogP contribution is 2.30. The summed E-state index contributed by atoms with van der Waals surface area (Å²) in [5, 5.41) is 5.36. The van der Waals surface area contributed by atoms with E-state index in [0.717, 1.165) is 27.8 Å². The average molecular weight is 484 g/mol. The van der Waals surface area contributed by atoms with E-state index in [0.29, 0.717) is 48.0 Å². The number of hydrogen-bond acceptors (Lipinski definition) is 7. The number of benzene rings is 2. The molecule has 4 aromatic rings. The van der Waals surface area contributed by atoms with Crippen molar-refractivity contribution in [3.05, 3.63) is 69.4 Å². The number of halogens is 1. The lowest BCUT2D eigenvalue weighted by molar-refractivity contribution is 0.0751. The van der Waals surface area contributed by atoms with Crippen LogP contribution in [0.3, 0.4) is 0 Å². The largest absolute Gasteiger partial charge is 0.367 e. The highest BCUT2D eigenvalue weighted by molar-refractivity contribution is 7.12. The van der Waals surface area contributed by atoms with E-state index >= 15 is 0 Å². The summed E-state index contributed by atoms with van der Waals surface area (Å²) in [7, 11) is 0. The number of rotatable bonds is 4. The van der Waals surface area contributed by atoms with Crippen molar-refractivity contribution in [3.8, 4) is 0 Å². The summed E-state index contributed by atoms with van der Waals surface area (Å²) in [6.45, 7) is 2.67. The van der Waals surface area contributed by atoms with E-state index in [4.69, 9.17) is 11.6 Å². The molecule has 0 aliphatic carbocycles. The molecule has 1 N–H and O–H groups in total. The summed E-state index contributed by atoms with van der Waals surface area (Å²) in [5.41, 5.74) is 3.50. The number of nitrogens with zero attached hydrogens (tertiary/aromatic N) is 4. The van der Waals surface area contributed by atoms with Crippen LogP contribution in [0.5, 0.6) is 0 Å². The third-order valence-electron chi connectivity index (χ3n) is 5.36. The van der Waals surface area contributed by atoms with Gasteiger partial charge in [-0.3, -0.25) is 9.59 Å². The third-order valence-corrected chi connectivity index (χ3v) is 7.08. The van der Waals surface area contributed by atoms with E-state index < -0.39 is 0 Å². The molecule has 1 aliphatic rings. The van der Waals surface area contributed by atoms with Gasteiger partial charge in [0.05, 0.1) is 27.3 Å². The van der Waals surface area contributed by atoms with Crippen molar-refractivity contribution in [1.82, 2.24) is 13.6 Å². The molecule has 0 unspecified atom stereocenters. The molecule has 0 bridgehead atoms. The molecule has 1 saturated heterocycles. The molecule has 2 aromatic carbocycles. The molecule has 10 heteroatoms. The van der Waals surface area contributed by atoms with Gasteiger partial charge in [-0.2, -0.15) is 8.75 Å². The zero-order chi connectivity index (χ0) is 22.1. The van der Waals surface area contributed by atoms with Gasteiger partial charge < -0.3 is 15.1 Å². The van der Waals surface area contributed by atoms with Gasteiger partial charge in [-0.25, -0.2) is 0 Å². The summed E-state index contributed by atoms with van der Waals surface area (Å²) in [4.78, 5) is 30.0. The normalized spacial score (nSPS) is 14.0. The van der Waals surface area contributed by atoms with Gasteiger partial charge in [0.1, 0.15) is 11.0 Å². The fraction of sp³-hybridized carbons (Fsp3) is 0.182. The van der Waals surface area contributed by atoms with Gasteiger partial charge in [-0.1, -0.05) is 17.7 Å². The number of nitrogens with one attached hydrogen (secondary N) is 1. The third kappa shape index (κ3) is 4.19. The molecule has 162 valence electrons. The van der Waals surface area contributed by atoms with E-state index in [1.54, 1.807) is 24.3 Å². The van der Waals surface area contributed by atoms with Gasteiger partial charge >= 0.3 is 0 Å². The molecule has 2 aromatic heterocycles. The first-order chi connectivity index (χ1) is 15.6. The van der Waals surface area contributed by atoms with Crippen LogP contribution in [0.2, 0.25) is 5.02 Å². The van der Waals surface area contributed by atoms with Crippen LogP contribution in [0.1, 0.15) is 20.0 Å². The summed E-state index contributed by atoms with van der Waals surface area (Å²) < 4.78 is 8.33. The van der Waals surface area contributed by atoms with Crippen LogP contribution in [0, 0.1) is 0 Å². The zero-order valence-corrected chi connectivity index (χ0v) is 19.2. The second kappa shape index (κ2) is 8.85. The molecule has 0 radical (unpaired) electrons. The molecule has 0 saturated carbocycles. The maximum absolute atomic E-state index is 12.6. The maximum atomic E-state index is 12.6. The molecule has 3 heterocycles. The second-order valence-electron chi connectivity index (χ2n) is 7.34. The number of carbonyl (C=O) groups excluding carboxylic acids is 2. The molecule has 1 aliphatic heterocycles. The number of carbonyl (C=O) groups is 2. The van der Waals surface area contributed by atoms with Crippen molar-refractivity contribution >= 4 is 68.9 Å². The second-order valence-corrected chi connectivity index (χ2v) is 9.23. The fourth-order valence-electron chi connectivity index (χ4n) is 3.67. The van der Waals surface area contributed by atoms with Crippen molar-refractivity contribution in [2.75, 3.05) is 36.4 Å².